The Kier molecular flexibility index (Phi) is 6.19. The quantitative estimate of drug-likeness (QED) is 0.574. The summed E-state index contributed by atoms with van der Waals surface area (Å²) in [6, 6.07) is 15.1. The van der Waals surface area contributed by atoms with Gasteiger partial charge in [-0.3, -0.25) is 4.98 Å². The molecule has 7 heteroatoms. The molecule has 3 aromatic rings. The van der Waals surface area contributed by atoms with E-state index in [0.717, 1.165) is 23.0 Å². The smallest absolute Gasteiger partial charge is 0.224 e. The zero-order valence-corrected chi connectivity index (χ0v) is 14.6. The summed E-state index contributed by atoms with van der Waals surface area (Å²) in [5.41, 5.74) is 0.952. The van der Waals surface area contributed by atoms with Crippen LogP contribution in [-0.4, -0.2) is 35.2 Å². The Hall–Kier alpha value is -3.35. The topological polar surface area (TPSA) is 81.2 Å². The van der Waals surface area contributed by atoms with E-state index in [9.17, 15) is 0 Å². The van der Waals surface area contributed by atoms with Gasteiger partial charge in [-0.2, -0.15) is 4.98 Å². The monoisotopic (exact) mass is 351 g/mol. The minimum atomic E-state index is 0.501. The maximum absolute atomic E-state index is 5.67. The Morgan fingerprint density at radius 3 is 2.50 bits per heavy atom. The van der Waals surface area contributed by atoms with Crippen molar-refractivity contribution in [3.63, 3.8) is 0 Å². The number of pyridine rings is 1. The summed E-state index contributed by atoms with van der Waals surface area (Å²) < 4.78 is 10.8. The average Bonchev–Trinajstić information content (AvgIpc) is 2.71. The lowest BCUT2D eigenvalue weighted by molar-refractivity contribution is 0.331. The first-order valence-electron chi connectivity index (χ1n) is 8.31. The van der Waals surface area contributed by atoms with Gasteiger partial charge in [0, 0.05) is 12.4 Å². The van der Waals surface area contributed by atoms with Crippen LogP contribution in [0.1, 0.15) is 5.69 Å². The van der Waals surface area contributed by atoms with E-state index in [1.807, 2.05) is 48.5 Å². The molecule has 0 saturated heterocycles. The van der Waals surface area contributed by atoms with Crippen LogP contribution in [0.3, 0.4) is 0 Å². The lowest BCUT2D eigenvalue weighted by Gasteiger charge is -2.09. The highest BCUT2D eigenvalue weighted by Crippen LogP contribution is 2.16. The lowest BCUT2D eigenvalue weighted by atomic mass is 10.3. The van der Waals surface area contributed by atoms with Crippen LogP contribution >= 0.6 is 0 Å². The molecule has 0 spiro atoms. The van der Waals surface area contributed by atoms with Crippen molar-refractivity contribution in [2.75, 3.05) is 30.9 Å². The van der Waals surface area contributed by atoms with Crippen LogP contribution in [-0.2, 0) is 6.54 Å². The van der Waals surface area contributed by atoms with Gasteiger partial charge < -0.3 is 20.1 Å². The first-order chi connectivity index (χ1) is 12.8. The predicted molar refractivity (Wildman–Crippen MR) is 101 cm³/mol. The van der Waals surface area contributed by atoms with E-state index in [2.05, 4.69) is 25.6 Å². The molecule has 7 nitrogen and oxygen atoms in total. The second kappa shape index (κ2) is 9.22. The summed E-state index contributed by atoms with van der Waals surface area (Å²) in [4.78, 5) is 12.9. The average molecular weight is 351 g/mol. The molecule has 0 aliphatic heterocycles. The number of ether oxygens (including phenoxy) is 2. The summed E-state index contributed by atoms with van der Waals surface area (Å²) in [7, 11) is 1.64. The van der Waals surface area contributed by atoms with Crippen molar-refractivity contribution in [3.8, 4) is 11.5 Å². The molecule has 0 aliphatic carbocycles. The minimum Gasteiger partial charge on any atom is -0.497 e. The number of rotatable bonds is 9. The third kappa shape index (κ3) is 5.34. The molecule has 2 N–H and O–H groups in total. The molecule has 0 fully saturated rings. The summed E-state index contributed by atoms with van der Waals surface area (Å²) in [6.07, 6.45) is 3.48. The maximum atomic E-state index is 5.67. The lowest BCUT2D eigenvalue weighted by Crippen LogP contribution is -2.14. The standard InChI is InChI=1S/C19H21N5O2/c1-25-16-5-7-17(8-6-16)26-13-12-22-19-21-11-9-18(24-19)23-14-15-4-2-3-10-20-15/h2-11H,12-14H2,1H3,(H2,21,22,23,24). The van der Waals surface area contributed by atoms with Gasteiger partial charge in [0.1, 0.15) is 23.9 Å². The Morgan fingerprint density at radius 1 is 0.885 bits per heavy atom. The van der Waals surface area contributed by atoms with E-state index in [-0.39, 0.29) is 0 Å². The van der Waals surface area contributed by atoms with Gasteiger partial charge in [-0.15, -0.1) is 0 Å². The molecule has 0 saturated carbocycles. The third-order valence-electron chi connectivity index (χ3n) is 3.55. The molecule has 0 radical (unpaired) electrons. The Balaban J connectivity index is 1.43. The van der Waals surface area contributed by atoms with Gasteiger partial charge in [0.25, 0.3) is 0 Å². The SMILES string of the molecule is COc1ccc(OCCNc2nccc(NCc3ccccn3)n2)cc1. The molecule has 0 aliphatic rings. The van der Waals surface area contributed by atoms with Crippen LogP contribution in [0.4, 0.5) is 11.8 Å². The van der Waals surface area contributed by atoms with E-state index in [1.54, 1.807) is 19.5 Å². The van der Waals surface area contributed by atoms with Gasteiger partial charge >= 0.3 is 0 Å². The molecule has 2 heterocycles. The fourth-order valence-corrected chi connectivity index (χ4v) is 2.23. The second-order valence-electron chi connectivity index (χ2n) is 5.39. The van der Waals surface area contributed by atoms with Crippen molar-refractivity contribution in [2.45, 2.75) is 6.54 Å². The van der Waals surface area contributed by atoms with Crippen LogP contribution in [0, 0.1) is 0 Å². The van der Waals surface area contributed by atoms with Gasteiger partial charge in [-0.05, 0) is 42.5 Å². The van der Waals surface area contributed by atoms with E-state index >= 15 is 0 Å². The van der Waals surface area contributed by atoms with E-state index < -0.39 is 0 Å². The zero-order chi connectivity index (χ0) is 18.0. The molecule has 0 unspecified atom stereocenters. The minimum absolute atomic E-state index is 0.501. The number of nitrogens with one attached hydrogen (secondary N) is 2. The molecule has 26 heavy (non-hydrogen) atoms. The first kappa shape index (κ1) is 17.5. The van der Waals surface area contributed by atoms with Gasteiger partial charge in [0.15, 0.2) is 0 Å². The highest BCUT2D eigenvalue weighted by atomic mass is 16.5. The molecular weight excluding hydrogens is 330 g/mol. The van der Waals surface area contributed by atoms with Crippen molar-refractivity contribution >= 4 is 11.8 Å². The van der Waals surface area contributed by atoms with E-state index in [4.69, 9.17) is 9.47 Å². The normalized spacial score (nSPS) is 10.2. The highest BCUT2D eigenvalue weighted by Gasteiger charge is 2.00. The van der Waals surface area contributed by atoms with E-state index in [0.29, 0.717) is 25.6 Å². The van der Waals surface area contributed by atoms with Gasteiger partial charge in [0.05, 0.1) is 25.9 Å². The molecule has 0 atom stereocenters. The number of nitrogens with zero attached hydrogens (tertiary/aromatic N) is 3. The largest absolute Gasteiger partial charge is 0.497 e. The number of aromatic nitrogens is 3. The number of hydrogen-bond donors (Lipinski definition) is 2. The second-order valence-corrected chi connectivity index (χ2v) is 5.39. The van der Waals surface area contributed by atoms with Crippen molar-refractivity contribution in [3.05, 3.63) is 66.6 Å². The fourth-order valence-electron chi connectivity index (χ4n) is 2.23. The number of benzene rings is 1. The Morgan fingerprint density at radius 2 is 1.73 bits per heavy atom. The van der Waals surface area contributed by atoms with Crippen molar-refractivity contribution < 1.29 is 9.47 Å². The number of methoxy groups -OCH3 is 1. The molecule has 2 aromatic heterocycles. The van der Waals surface area contributed by atoms with E-state index in [1.165, 1.54) is 0 Å². The molecule has 0 amide bonds. The van der Waals surface area contributed by atoms with Gasteiger partial charge in [-0.1, -0.05) is 6.07 Å². The van der Waals surface area contributed by atoms with Crippen LogP contribution in [0.25, 0.3) is 0 Å². The highest BCUT2D eigenvalue weighted by molar-refractivity contribution is 5.39. The Labute approximate surface area is 152 Å². The molecule has 134 valence electrons. The summed E-state index contributed by atoms with van der Waals surface area (Å²) in [5, 5.41) is 6.38. The van der Waals surface area contributed by atoms with Crippen LogP contribution in [0.15, 0.2) is 60.9 Å². The molecule has 1 aromatic carbocycles. The first-order valence-corrected chi connectivity index (χ1v) is 8.31. The van der Waals surface area contributed by atoms with Gasteiger partial charge in [-0.25, -0.2) is 4.98 Å². The summed E-state index contributed by atoms with van der Waals surface area (Å²) >= 11 is 0. The number of anilines is 2. The maximum Gasteiger partial charge on any atom is 0.224 e. The third-order valence-corrected chi connectivity index (χ3v) is 3.55. The van der Waals surface area contributed by atoms with Gasteiger partial charge in [0.2, 0.25) is 5.95 Å². The van der Waals surface area contributed by atoms with Crippen molar-refractivity contribution in [1.82, 2.24) is 15.0 Å². The predicted octanol–water partition coefficient (Wildman–Crippen LogP) is 2.98. The summed E-state index contributed by atoms with van der Waals surface area (Å²) in [6.45, 7) is 1.70. The number of hydrogen-bond acceptors (Lipinski definition) is 7. The zero-order valence-electron chi connectivity index (χ0n) is 14.6. The van der Waals surface area contributed by atoms with Crippen molar-refractivity contribution in [2.24, 2.45) is 0 Å². The Bertz CT molecular complexity index is 797. The summed E-state index contributed by atoms with van der Waals surface area (Å²) in [5.74, 6) is 2.89. The molecule has 3 rings (SSSR count). The molecule has 0 bridgehead atoms. The fraction of sp³-hybridized carbons (Fsp3) is 0.211. The van der Waals surface area contributed by atoms with Crippen LogP contribution in [0.5, 0.6) is 11.5 Å². The van der Waals surface area contributed by atoms with Crippen LogP contribution in [0.2, 0.25) is 0 Å². The van der Waals surface area contributed by atoms with Crippen LogP contribution < -0.4 is 20.1 Å². The van der Waals surface area contributed by atoms with Crippen molar-refractivity contribution in [1.29, 1.82) is 0 Å². The molecular formula is C19H21N5O2.